The molecule has 5 nitrogen and oxygen atoms in total. The first-order chi connectivity index (χ1) is 8.35. The molecule has 1 amide bonds. The number of carbonyl (C=O) groups is 2. The number of carbonyl (C=O) groups excluding carboxylic acids is 1. The molecule has 1 aromatic rings. The summed E-state index contributed by atoms with van der Waals surface area (Å²) in [6, 6.07) is 5.70. The highest BCUT2D eigenvalue weighted by molar-refractivity contribution is 5.96. The fraction of sp³-hybridized carbons (Fsp3) is 0.385. The summed E-state index contributed by atoms with van der Waals surface area (Å²) in [5.41, 5.74) is 0.0318. The first-order valence-corrected chi connectivity index (χ1v) is 5.62. The minimum atomic E-state index is -1.03. The molecule has 0 bridgehead atoms. The van der Waals surface area contributed by atoms with Gasteiger partial charge in [-0.1, -0.05) is 0 Å². The van der Waals surface area contributed by atoms with Gasteiger partial charge in [0.05, 0.1) is 5.56 Å². The summed E-state index contributed by atoms with van der Waals surface area (Å²) in [6.45, 7) is 3.62. The van der Waals surface area contributed by atoms with Crippen LogP contribution in [0.15, 0.2) is 24.3 Å². The second-order valence-corrected chi connectivity index (χ2v) is 4.69. The molecule has 0 aliphatic heterocycles. The summed E-state index contributed by atoms with van der Waals surface area (Å²) >= 11 is 0. The van der Waals surface area contributed by atoms with Gasteiger partial charge in [0.2, 0.25) is 0 Å². The van der Waals surface area contributed by atoms with Gasteiger partial charge in [-0.15, -0.1) is 0 Å². The van der Waals surface area contributed by atoms with Gasteiger partial charge in [0.1, 0.15) is 0 Å². The van der Waals surface area contributed by atoms with Crippen molar-refractivity contribution in [3.05, 3.63) is 35.4 Å². The summed E-state index contributed by atoms with van der Waals surface area (Å²) in [6.07, 6.45) is 0.450. The molecule has 0 unspecified atom stereocenters. The van der Waals surface area contributed by atoms with Crippen LogP contribution in [0.25, 0.3) is 0 Å². The number of carboxylic acids is 1. The fourth-order valence-corrected chi connectivity index (χ4v) is 1.49. The number of rotatable bonds is 5. The largest absolute Gasteiger partial charge is 0.478 e. The highest BCUT2D eigenvalue weighted by Crippen LogP contribution is 2.10. The molecule has 0 aliphatic rings. The number of benzene rings is 1. The Kier molecular flexibility index (Phi) is 4.44. The van der Waals surface area contributed by atoms with E-state index in [1.807, 2.05) is 13.8 Å². The zero-order valence-corrected chi connectivity index (χ0v) is 10.4. The van der Waals surface area contributed by atoms with Crippen LogP contribution in [0.3, 0.4) is 0 Å². The molecule has 98 valence electrons. The van der Waals surface area contributed by atoms with Crippen molar-refractivity contribution in [2.75, 3.05) is 6.61 Å². The Balaban J connectivity index is 2.76. The summed E-state index contributed by atoms with van der Waals surface area (Å²) in [4.78, 5) is 22.5. The van der Waals surface area contributed by atoms with Gasteiger partial charge in [-0.25, -0.2) is 4.79 Å². The number of carboxylic acid groups (broad SMARTS) is 1. The topological polar surface area (TPSA) is 86.6 Å². The van der Waals surface area contributed by atoms with Crippen molar-refractivity contribution in [2.45, 2.75) is 25.8 Å². The monoisotopic (exact) mass is 251 g/mol. The standard InChI is InChI=1S/C13H17NO4/c1-13(2,7-8-15)14-11(16)9-3-5-10(6-4-9)12(17)18/h3-6,15H,7-8H2,1-2H3,(H,14,16)(H,17,18). The van der Waals surface area contributed by atoms with Crippen molar-refractivity contribution in [3.8, 4) is 0 Å². The van der Waals surface area contributed by atoms with Gasteiger partial charge >= 0.3 is 5.97 Å². The lowest BCUT2D eigenvalue weighted by atomic mass is 10.0. The Morgan fingerprint density at radius 2 is 1.67 bits per heavy atom. The second kappa shape index (κ2) is 5.64. The first-order valence-electron chi connectivity index (χ1n) is 5.62. The second-order valence-electron chi connectivity index (χ2n) is 4.69. The van der Waals surface area contributed by atoms with Gasteiger partial charge in [0.25, 0.3) is 5.91 Å². The van der Waals surface area contributed by atoms with Crippen molar-refractivity contribution in [2.24, 2.45) is 0 Å². The summed E-state index contributed by atoms with van der Waals surface area (Å²) in [7, 11) is 0. The number of nitrogens with one attached hydrogen (secondary N) is 1. The number of hydrogen-bond acceptors (Lipinski definition) is 3. The highest BCUT2D eigenvalue weighted by Gasteiger charge is 2.20. The van der Waals surface area contributed by atoms with E-state index >= 15 is 0 Å². The Hall–Kier alpha value is -1.88. The highest BCUT2D eigenvalue weighted by atomic mass is 16.4. The average Bonchev–Trinajstić information content (AvgIpc) is 2.28. The molecule has 1 rings (SSSR count). The van der Waals surface area contributed by atoms with Crippen molar-refractivity contribution < 1.29 is 19.8 Å². The van der Waals surface area contributed by atoms with Crippen molar-refractivity contribution in [1.29, 1.82) is 0 Å². The van der Waals surface area contributed by atoms with E-state index in [4.69, 9.17) is 10.2 Å². The van der Waals surface area contributed by atoms with E-state index in [-0.39, 0.29) is 18.1 Å². The molecule has 0 radical (unpaired) electrons. The van der Waals surface area contributed by atoms with Crippen LogP contribution in [-0.2, 0) is 0 Å². The van der Waals surface area contributed by atoms with Crippen LogP contribution in [0.2, 0.25) is 0 Å². The molecule has 0 saturated carbocycles. The van der Waals surface area contributed by atoms with Crippen LogP contribution in [0.5, 0.6) is 0 Å². The van der Waals surface area contributed by atoms with E-state index in [2.05, 4.69) is 5.32 Å². The third-order valence-electron chi connectivity index (χ3n) is 2.58. The normalized spacial score (nSPS) is 11.1. The summed E-state index contributed by atoms with van der Waals surface area (Å²) in [5, 5.41) is 20.4. The third-order valence-corrected chi connectivity index (χ3v) is 2.58. The predicted molar refractivity (Wildman–Crippen MR) is 66.6 cm³/mol. The number of aliphatic hydroxyl groups excluding tert-OH is 1. The molecule has 0 saturated heterocycles. The molecule has 0 heterocycles. The molecule has 0 aliphatic carbocycles. The van der Waals surface area contributed by atoms with Crippen molar-refractivity contribution in [3.63, 3.8) is 0 Å². The Bertz CT molecular complexity index is 437. The maximum absolute atomic E-state index is 11.9. The lowest BCUT2D eigenvalue weighted by Gasteiger charge is -2.25. The van der Waals surface area contributed by atoms with E-state index in [0.29, 0.717) is 12.0 Å². The Labute approximate surface area is 105 Å². The predicted octanol–water partition coefficient (Wildman–Crippen LogP) is 1.28. The lowest BCUT2D eigenvalue weighted by Crippen LogP contribution is -2.44. The molecule has 3 N–H and O–H groups in total. The minimum absolute atomic E-state index is 0.00870. The maximum atomic E-state index is 11.9. The van der Waals surface area contributed by atoms with E-state index in [1.165, 1.54) is 24.3 Å². The van der Waals surface area contributed by atoms with Crippen LogP contribution in [0, 0.1) is 0 Å². The molecule has 5 heteroatoms. The van der Waals surface area contributed by atoms with E-state index in [1.54, 1.807) is 0 Å². The lowest BCUT2D eigenvalue weighted by molar-refractivity contribution is 0.0696. The number of amides is 1. The van der Waals surface area contributed by atoms with Gasteiger partial charge in [-0.05, 0) is 44.5 Å². The zero-order valence-electron chi connectivity index (χ0n) is 10.4. The fourth-order valence-electron chi connectivity index (χ4n) is 1.49. The van der Waals surface area contributed by atoms with Crippen LogP contribution in [-0.4, -0.2) is 34.2 Å². The Morgan fingerprint density at radius 3 is 2.11 bits per heavy atom. The van der Waals surface area contributed by atoms with Gasteiger partial charge in [0.15, 0.2) is 0 Å². The van der Waals surface area contributed by atoms with Gasteiger partial charge < -0.3 is 15.5 Å². The third kappa shape index (κ3) is 3.85. The number of aliphatic hydroxyl groups is 1. The maximum Gasteiger partial charge on any atom is 0.335 e. The molecule has 0 atom stereocenters. The van der Waals surface area contributed by atoms with E-state index in [0.717, 1.165) is 0 Å². The average molecular weight is 251 g/mol. The van der Waals surface area contributed by atoms with Crippen LogP contribution < -0.4 is 5.32 Å². The molecule has 0 fully saturated rings. The number of hydrogen-bond donors (Lipinski definition) is 3. The molecule has 0 aromatic heterocycles. The molecular formula is C13H17NO4. The zero-order chi connectivity index (χ0) is 13.8. The van der Waals surface area contributed by atoms with Gasteiger partial charge in [0, 0.05) is 17.7 Å². The van der Waals surface area contributed by atoms with E-state index in [9.17, 15) is 9.59 Å². The minimum Gasteiger partial charge on any atom is -0.478 e. The number of aromatic carboxylic acids is 1. The quantitative estimate of drug-likeness (QED) is 0.735. The summed E-state index contributed by atoms with van der Waals surface area (Å²) in [5.74, 6) is -1.31. The summed E-state index contributed by atoms with van der Waals surface area (Å²) < 4.78 is 0. The van der Waals surface area contributed by atoms with Crippen LogP contribution in [0.4, 0.5) is 0 Å². The van der Waals surface area contributed by atoms with Gasteiger partial charge in [-0.3, -0.25) is 4.79 Å². The van der Waals surface area contributed by atoms with Crippen LogP contribution in [0.1, 0.15) is 41.0 Å². The van der Waals surface area contributed by atoms with Gasteiger partial charge in [-0.2, -0.15) is 0 Å². The Morgan fingerprint density at radius 1 is 1.17 bits per heavy atom. The van der Waals surface area contributed by atoms with Crippen molar-refractivity contribution in [1.82, 2.24) is 5.32 Å². The smallest absolute Gasteiger partial charge is 0.335 e. The van der Waals surface area contributed by atoms with E-state index < -0.39 is 11.5 Å². The molecule has 18 heavy (non-hydrogen) atoms. The van der Waals surface area contributed by atoms with Crippen LogP contribution >= 0.6 is 0 Å². The molecular weight excluding hydrogens is 234 g/mol. The van der Waals surface area contributed by atoms with Crippen molar-refractivity contribution >= 4 is 11.9 Å². The SMILES string of the molecule is CC(C)(CCO)NC(=O)c1ccc(C(=O)O)cc1. The molecule has 1 aromatic carbocycles. The first kappa shape index (κ1) is 14.2. The molecule has 0 spiro atoms.